The summed E-state index contributed by atoms with van der Waals surface area (Å²) in [5.41, 5.74) is 1.96. The average Bonchev–Trinajstić information content (AvgIpc) is 2.49. The molecule has 1 aromatic rings. The van der Waals surface area contributed by atoms with Crippen molar-refractivity contribution in [3.05, 3.63) is 24.3 Å². The van der Waals surface area contributed by atoms with Crippen molar-refractivity contribution in [2.24, 2.45) is 11.8 Å². The average molecular weight is 290 g/mol. The second-order valence-electron chi connectivity index (χ2n) is 6.06. The molecule has 0 unspecified atom stereocenters. The van der Waals surface area contributed by atoms with Gasteiger partial charge in [-0.05, 0) is 49.4 Å². The lowest BCUT2D eigenvalue weighted by Crippen LogP contribution is -2.28. The van der Waals surface area contributed by atoms with Crippen LogP contribution in [0.4, 0.5) is 11.4 Å². The Hall–Kier alpha value is -1.55. The Morgan fingerprint density at radius 1 is 1.19 bits per heavy atom. The van der Waals surface area contributed by atoms with Crippen LogP contribution in [0.25, 0.3) is 0 Å². The third-order valence-electron chi connectivity index (χ3n) is 3.80. The minimum Gasteiger partial charge on any atom is -0.385 e. The third-order valence-corrected chi connectivity index (χ3v) is 3.80. The Morgan fingerprint density at radius 2 is 1.81 bits per heavy atom. The largest absolute Gasteiger partial charge is 0.385 e. The Labute approximate surface area is 127 Å². The normalized spacial score (nSPS) is 16.0. The molecule has 4 nitrogen and oxygen atoms in total. The summed E-state index contributed by atoms with van der Waals surface area (Å²) in [6.45, 7) is 6.80. The van der Waals surface area contributed by atoms with Crippen LogP contribution in [0.5, 0.6) is 0 Å². The molecule has 0 atom stereocenters. The lowest BCUT2D eigenvalue weighted by atomic mass is 9.99. The summed E-state index contributed by atoms with van der Waals surface area (Å²) in [6, 6.07) is 7.93. The number of benzene rings is 1. The van der Waals surface area contributed by atoms with Crippen LogP contribution in [0.2, 0.25) is 0 Å². The summed E-state index contributed by atoms with van der Waals surface area (Å²) < 4.78 is 5.28. The molecule has 0 bridgehead atoms. The molecule has 2 N–H and O–H groups in total. The highest BCUT2D eigenvalue weighted by atomic mass is 16.5. The molecule has 0 spiro atoms. The molecule has 0 aromatic heterocycles. The molecule has 1 heterocycles. The standard InChI is InChI=1S/C17H26N2O2/c1-13(2)7-10-18-15-3-5-16(6-4-15)19-17(20)14-8-11-21-12-9-14/h3-6,13-14,18H,7-12H2,1-2H3,(H,19,20). The van der Waals surface area contributed by atoms with Gasteiger partial charge in [-0.2, -0.15) is 0 Å². The number of nitrogens with one attached hydrogen (secondary N) is 2. The highest BCUT2D eigenvalue weighted by Crippen LogP contribution is 2.19. The Morgan fingerprint density at radius 3 is 2.43 bits per heavy atom. The molecule has 1 saturated heterocycles. The quantitative estimate of drug-likeness (QED) is 0.843. The molecule has 1 aromatic carbocycles. The summed E-state index contributed by atoms with van der Waals surface area (Å²) in [6.07, 6.45) is 2.80. The number of anilines is 2. The van der Waals surface area contributed by atoms with Gasteiger partial charge in [0.05, 0.1) is 0 Å². The number of carbonyl (C=O) groups excluding carboxylic acids is 1. The number of carbonyl (C=O) groups is 1. The fraction of sp³-hybridized carbons (Fsp3) is 0.588. The molecule has 0 saturated carbocycles. The molecule has 0 aliphatic carbocycles. The SMILES string of the molecule is CC(C)CCNc1ccc(NC(=O)C2CCOCC2)cc1. The molecular weight excluding hydrogens is 264 g/mol. The van der Waals surface area contributed by atoms with E-state index in [0.717, 1.165) is 37.2 Å². The van der Waals surface area contributed by atoms with Gasteiger partial charge in [-0.25, -0.2) is 0 Å². The zero-order valence-corrected chi connectivity index (χ0v) is 13.0. The summed E-state index contributed by atoms with van der Waals surface area (Å²) in [7, 11) is 0. The van der Waals surface area contributed by atoms with E-state index in [0.29, 0.717) is 19.1 Å². The zero-order valence-electron chi connectivity index (χ0n) is 13.0. The van der Waals surface area contributed by atoms with Gasteiger partial charge in [-0.15, -0.1) is 0 Å². The van der Waals surface area contributed by atoms with Crippen LogP contribution in [0, 0.1) is 11.8 Å². The van der Waals surface area contributed by atoms with Crippen LogP contribution in [0.15, 0.2) is 24.3 Å². The second-order valence-corrected chi connectivity index (χ2v) is 6.06. The summed E-state index contributed by atoms with van der Waals surface area (Å²) in [5.74, 6) is 0.900. The Balaban J connectivity index is 1.80. The van der Waals surface area contributed by atoms with Crippen molar-refractivity contribution in [2.45, 2.75) is 33.1 Å². The molecule has 21 heavy (non-hydrogen) atoms. The molecule has 1 amide bonds. The molecule has 1 aliphatic heterocycles. The van der Waals surface area contributed by atoms with Crippen molar-refractivity contribution in [1.82, 2.24) is 0 Å². The van der Waals surface area contributed by atoms with Crippen molar-refractivity contribution in [3.8, 4) is 0 Å². The minimum absolute atomic E-state index is 0.0857. The van der Waals surface area contributed by atoms with Crippen LogP contribution >= 0.6 is 0 Å². The van der Waals surface area contributed by atoms with Gasteiger partial charge >= 0.3 is 0 Å². The highest BCUT2D eigenvalue weighted by molar-refractivity contribution is 5.92. The monoisotopic (exact) mass is 290 g/mol. The summed E-state index contributed by atoms with van der Waals surface area (Å²) in [5, 5.41) is 6.38. The van der Waals surface area contributed by atoms with E-state index >= 15 is 0 Å². The van der Waals surface area contributed by atoms with E-state index in [2.05, 4.69) is 24.5 Å². The van der Waals surface area contributed by atoms with E-state index in [1.54, 1.807) is 0 Å². The summed E-state index contributed by atoms with van der Waals surface area (Å²) in [4.78, 5) is 12.1. The van der Waals surface area contributed by atoms with Crippen molar-refractivity contribution < 1.29 is 9.53 Å². The van der Waals surface area contributed by atoms with Gasteiger partial charge in [0.1, 0.15) is 0 Å². The first-order valence-electron chi connectivity index (χ1n) is 7.87. The fourth-order valence-corrected chi connectivity index (χ4v) is 2.38. The van der Waals surface area contributed by atoms with Crippen molar-refractivity contribution in [2.75, 3.05) is 30.4 Å². The van der Waals surface area contributed by atoms with Gasteiger partial charge in [0.2, 0.25) is 5.91 Å². The molecular formula is C17H26N2O2. The van der Waals surface area contributed by atoms with Crippen molar-refractivity contribution in [3.63, 3.8) is 0 Å². The van der Waals surface area contributed by atoms with Crippen LogP contribution in [0.1, 0.15) is 33.1 Å². The maximum Gasteiger partial charge on any atom is 0.227 e. The first-order chi connectivity index (χ1) is 10.1. The van der Waals surface area contributed by atoms with Gasteiger partial charge < -0.3 is 15.4 Å². The van der Waals surface area contributed by atoms with Crippen LogP contribution in [-0.2, 0) is 9.53 Å². The Kier molecular flexibility index (Phi) is 6.05. The second kappa shape index (κ2) is 8.03. The molecule has 4 heteroatoms. The highest BCUT2D eigenvalue weighted by Gasteiger charge is 2.21. The van der Waals surface area contributed by atoms with Gasteiger partial charge in [-0.1, -0.05) is 13.8 Å². The zero-order chi connectivity index (χ0) is 15.1. The van der Waals surface area contributed by atoms with E-state index in [9.17, 15) is 4.79 Å². The number of hydrogen-bond acceptors (Lipinski definition) is 3. The maximum atomic E-state index is 12.1. The topological polar surface area (TPSA) is 50.4 Å². The third kappa shape index (κ3) is 5.38. The number of hydrogen-bond donors (Lipinski definition) is 2. The van der Waals surface area contributed by atoms with Crippen LogP contribution < -0.4 is 10.6 Å². The fourth-order valence-electron chi connectivity index (χ4n) is 2.38. The molecule has 116 valence electrons. The molecule has 1 aliphatic rings. The first-order valence-corrected chi connectivity index (χ1v) is 7.87. The molecule has 2 rings (SSSR count). The lowest BCUT2D eigenvalue weighted by molar-refractivity contribution is -0.122. The van der Waals surface area contributed by atoms with Crippen LogP contribution in [0.3, 0.4) is 0 Å². The van der Waals surface area contributed by atoms with E-state index in [1.807, 2.05) is 24.3 Å². The van der Waals surface area contributed by atoms with Crippen LogP contribution in [-0.4, -0.2) is 25.7 Å². The molecule has 1 fully saturated rings. The lowest BCUT2D eigenvalue weighted by Gasteiger charge is -2.21. The first kappa shape index (κ1) is 15.8. The molecule has 0 radical (unpaired) electrons. The van der Waals surface area contributed by atoms with Gasteiger partial charge in [0.25, 0.3) is 0 Å². The summed E-state index contributed by atoms with van der Waals surface area (Å²) >= 11 is 0. The smallest absolute Gasteiger partial charge is 0.227 e. The van der Waals surface area contributed by atoms with E-state index < -0.39 is 0 Å². The predicted octanol–water partition coefficient (Wildman–Crippen LogP) is 3.51. The maximum absolute atomic E-state index is 12.1. The van der Waals surface area contributed by atoms with E-state index in [1.165, 1.54) is 0 Å². The van der Waals surface area contributed by atoms with E-state index in [4.69, 9.17) is 4.74 Å². The van der Waals surface area contributed by atoms with Crippen molar-refractivity contribution >= 4 is 17.3 Å². The van der Waals surface area contributed by atoms with Gasteiger partial charge in [-0.3, -0.25) is 4.79 Å². The Bertz CT molecular complexity index is 437. The van der Waals surface area contributed by atoms with Crippen molar-refractivity contribution in [1.29, 1.82) is 0 Å². The van der Waals surface area contributed by atoms with Gasteiger partial charge in [0, 0.05) is 37.1 Å². The van der Waals surface area contributed by atoms with E-state index in [-0.39, 0.29) is 11.8 Å². The van der Waals surface area contributed by atoms with Gasteiger partial charge in [0.15, 0.2) is 0 Å². The minimum atomic E-state index is 0.0857. The number of rotatable bonds is 6. The number of amides is 1. The number of ether oxygens (including phenoxy) is 1. The predicted molar refractivity (Wildman–Crippen MR) is 86.6 cm³/mol.